The minimum Gasteiger partial charge on any atom is -0.328 e. The van der Waals surface area contributed by atoms with Gasteiger partial charge in [0.1, 0.15) is 6.04 Å². The normalized spacial score (nSPS) is 20.9. The zero-order valence-electron chi connectivity index (χ0n) is 15.3. The van der Waals surface area contributed by atoms with E-state index in [-0.39, 0.29) is 17.2 Å². The van der Waals surface area contributed by atoms with E-state index in [9.17, 15) is 4.79 Å². The van der Waals surface area contributed by atoms with E-state index in [1.807, 2.05) is 12.1 Å². The molecule has 0 amide bonds. The summed E-state index contributed by atoms with van der Waals surface area (Å²) in [6, 6.07) is 5.13. The fraction of sp³-hybridized carbons (Fsp3) is 0.421. The third kappa shape index (κ3) is 3.39. The number of thioether (sulfide) groups is 1. The number of allylic oxidation sites excluding steroid dienone is 2. The smallest absolute Gasteiger partial charge is 0.227 e. The molecule has 4 rings (SSSR count). The first-order valence-corrected chi connectivity index (χ1v) is 10.6. The van der Waals surface area contributed by atoms with Gasteiger partial charge in [-0.2, -0.15) is 4.98 Å². The van der Waals surface area contributed by atoms with Crippen molar-refractivity contribution in [2.45, 2.75) is 44.8 Å². The number of aromatic nitrogens is 3. The van der Waals surface area contributed by atoms with Crippen LogP contribution in [0.1, 0.15) is 45.2 Å². The molecule has 5 nitrogen and oxygen atoms in total. The van der Waals surface area contributed by atoms with Crippen LogP contribution in [0.15, 0.2) is 34.6 Å². The van der Waals surface area contributed by atoms with Gasteiger partial charge < -0.3 is 5.32 Å². The van der Waals surface area contributed by atoms with Gasteiger partial charge in [0, 0.05) is 17.7 Å². The van der Waals surface area contributed by atoms with Gasteiger partial charge in [0.05, 0.1) is 10.0 Å². The number of carbonyl (C=O) groups excluding carboxylic acids is 1. The van der Waals surface area contributed by atoms with Crippen LogP contribution in [0.4, 0.5) is 5.95 Å². The quantitative estimate of drug-likeness (QED) is 0.674. The molecule has 2 heterocycles. The van der Waals surface area contributed by atoms with Crippen molar-refractivity contribution >= 4 is 46.7 Å². The summed E-state index contributed by atoms with van der Waals surface area (Å²) in [4.78, 5) is 17.7. The number of rotatable bonds is 3. The summed E-state index contributed by atoms with van der Waals surface area (Å²) in [5.41, 5.74) is 2.47. The summed E-state index contributed by atoms with van der Waals surface area (Å²) >= 11 is 14.0. The Labute approximate surface area is 172 Å². The molecular formula is C19H20Cl2N4OS. The van der Waals surface area contributed by atoms with Gasteiger partial charge in [-0.25, -0.2) is 4.68 Å². The van der Waals surface area contributed by atoms with Crippen LogP contribution in [0.2, 0.25) is 10.0 Å². The number of hydrogen-bond acceptors (Lipinski definition) is 5. The van der Waals surface area contributed by atoms with Crippen LogP contribution in [-0.4, -0.2) is 26.3 Å². The minimum atomic E-state index is -0.353. The number of halogens is 2. The number of ketones is 1. The molecule has 142 valence electrons. The number of nitrogens with one attached hydrogen (secondary N) is 1. The van der Waals surface area contributed by atoms with Crippen molar-refractivity contribution in [1.82, 2.24) is 14.8 Å². The van der Waals surface area contributed by atoms with Gasteiger partial charge in [0.15, 0.2) is 5.78 Å². The molecule has 27 heavy (non-hydrogen) atoms. The first-order valence-electron chi connectivity index (χ1n) is 8.86. The molecule has 1 aliphatic carbocycles. The summed E-state index contributed by atoms with van der Waals surface area (Å²) in [6.45, 7) is 6.29. The van der Waals surface area contributed by atoms with Crippen LogP contribution in [0.25, 0.3) is 0 Å². The zero-order valence-corrected chi connectivity index (χ0v) is 17.7. The van der Waals surface area contributed by atoms with Crippen LogP contribution in [0, 0.1) is 5.41 Å². The number of carbonyl (C=O) groups is 1. The largest absolute Gasteiger partial charge is 0.328 e. The molecule has 0 fully saturated rings. The number of nitrogens with zero attached hydrogens (tertiary/aromatic N) is 3. The van der Waals surface area contributed by atoms with Crippen molar-refractivity contribution in [3.8, 4) is 0 Å². The summed E-state index contributed by atoms with van der Waals surface area (Å²) in [7, 11) is 0. The van der Waals surface area contributed by atoms with E-state index in [0.717, 1.165) is 29.0 Å². The molecule has 0 spiro atoms. The molecule has 2 aromatic rings. The number of fused-ring (bicyclic) bond motifs is 1. The van der Waals surface area contributed by atoms with Crippen molar-refractivity contribution in [3.63, 3.8) is 0 Å². The Hall–Kier alpha value is -1.50. The van der Waals surface area contributed by atoms with Crippen LogP contribution in [0.3, 0.4) is 0 Å². The molecule has 1 aliphatic heterocycles. The Kier molecular flexibility index (Phi) is 4.77. The summed E-state index contributed by atoms with van der Waals surface area (Å²) in [5, 5.41) is 9.66. The van der Waals surface area contributed by atoms with Crippen LogP contribution < -0.4 is 5.32 Å². The van der Waals surface area contributed by atoms with Gasteiger partial charge in [-0.05, 0) is 35.3 Å². The van der Waals surface area contributed by atoms with E-state index in [0.29, 0.717) is 27.6 Å². The Bertz CT molecular complexity index is 967. The second kappa shape index (κ2) is 6.83. The van der Waals surface area contributed by atoms with Gasteiger partial charge >= 0.3 is 0 Å². The van der Waals surface area contributed by atoms with Gasteiger partial charge in [-0.15, -0.1) is 5.10 Å². The topological polar surface area (TPSA) is 59.8 Å². The van der Waals surface area contributed by atoms with Crippen molar-refractivity contribution < 1.29 is 4.79 Å². The highest BCUT2D eigenvalue weighted by molar-refractivity contribution is 7.99. The predicted octanol–water partition coefficient (Wildman–Crippen LogP) is 5.36. The number of benzene rings is 1. The number of anilines is 1. The number of hydrogen-bond donors (Lipinski definition) is 1. The van der Waals surface area contributed by atoms with E-state index in [4.69, 9.17) is 23.2 Å². The maximum Gasteiger partial charge on any atom is 0.227 e. The van der Waals surface area contributed by atoms with E-state index < -0.39 is 0 Å². The molecule has 1 N–H and O–H groups in total. The van der Waals surface area contributed by atoms with Crippen LogP contribution in [-0.2, 0) is 4.79 Å². The fourth-order valence-corrected chi connectivity index (χ4v) is 4.63. The molecule has 8 heteroatoms. The second-order valence-electron chi connectivity index (χ2n) is 7.63. The molecule has 0 bridgehead atoms. The van der Waals surface area contributed by atoms with E-state index in [1.165, 1.54) is 0 Å². The molecule has 1 aromatic carbocycles. The molecule has 1 atom stereocenters. The lowest BCUT2D eigenvalue weighted by Crippen LogP contribution is -2.36. The summed E-state index contributed by atoms with van der Waals surface area (Å²) in [6.07, 6.45) is 1.29. The molecule has 0 saturated carbocycles. The maximum atomic E-state index is 13.1. The average Bonchev–Trinajstić information content (AvgIpc) is 2.96. The second-order valence-corrected chi connectivity index (χ2v) is 9.68. The lowest BCUT2D eigenvalue weighted by molar-refractivity contribution is -0.118. The molecule has 2 aliphatic rings. The van der Waals surface area contributed by atoms with Crippen molar-refractivity contribution in [2.75, 3.05) is 11.1 Å². The first kappa shape index (κ1) is 18.8. The Morgan fingerprint density at radius 1 is 1.30 bits per heavy atom. The number of Topliss-reactive ketones (excluding diaryl/α,β-unsaturated/α-hetero) is 1. The van der Waals surface area contributed by atoms with Gasteiger partial charge in [0.25, 0.3) is 0 Å². The highest BCUT2D eigenvalue weighted by Gasteiger charge is 2.41. The van der Waals surface area contributed by atoms with E-state index >= 15 is 0 Å². The Morgan fingerprint density at radius 3 is 2.78 bits per heavy atom. The van der Waals surface area contributed by atoms with Crippen molar-refractivity contribution in [1.29, 1.82) is 0 Å². The standard InChI is InChI=1S/C19H20Cl2N4OS/c1-4-27-18-23-17-22-13-8-19(2,3)9-14(26)15(13)16(25(17)24-18)10-5-6-11(20)12(21)7-10/h5-7,16H,4,8-9H2,1-3H3,(H,22,23,24). The highest BCUT2D eigenvalue weighted by Crippen LogP contribution is 2.46. The monoisotopic (exact) mass is 422 g/mol. The molecule has 0 saturated heterocycles. The molecular weight excluding hydrogens is 403 g/mol. The average molecular weight is 423 g/mol. The minimum absolute atomic E-state index is 0.0890. The SMILES string of the molecule is CCSc1nc2n(n1)C(c1ccc(Cl)c(Cl)c1)C1=C(CC(C)(C)CC1=O)N2. The third-order valence-electron chi connectivity index (χ3n) is 4.85. The lowest BCUT2D eigenvalue weighted by atomic mass is 9.73. The molecule has 0 radical (unpaired) electrons. The summed E-state index contributed by atoms with van der Waals surface area (Å²) in [5.74, 6) is 1.67. The van der Waals surface area contributed by atoms with Crippen molar-refractivity contribution in [2.24, 2.45) is 5.41 Å². The van der Waals surface area contributed by atoms with Crippen LogP contribution in [0.5, 0.6) is 0 Å². The predicted molar refractivity (Wildman–Crippen MR) is 110 cm³/mol. The summed E-state index contributed by atoms with van der Waals surface area (Å²) < 4.78 is 1.80. The zero-order chi connectivity index (χ0) is 19.3. The van der Waals surface area contributed by atoms with E-state index in [2.05, 4.69) is 36.2 Å². The van der Waals surface area contributed by atoms with Gasteiger partial charge in [0.2, 0.25) is 11.1 Å². The van der Waals surface area contributed by atoms with Crippen molar-refractivity contribution in [3.05, 3.63) is 45.1 Å². The Balaban J connectivity index is 1.89. The third-order valence-corrected chi connectivity index (χ3v) is 6.30. The molecule has 1 unspecified atom stereocenters. The first-order chi connectivity index (χ1) is 12.8. The highest BCUT2D eigenvalue weighted by atomic mass is 35.5. The van der Waals surface area contributed by atoms with Crippen LogP contribution >= 0.6 is 35.0 Å². The van der Waals surface area contributed by atoms with Gasteiger partial charge in [-0.1, -0.05) is 61.8 Å². The Morgan fingerprint density at radius 2 is 2.07 bits per heavy atom. The maximum absolute atomic E-state index is 13.1. The fourth-order valence-electron chi connectivity index (χ4n) is 3.77. The van der Waals surface area contributed by atoms with Gasteiger partial charge in [-0.3, -0.25) is 4.79 Å². The van der Waals surface area contributed by atoms with E-state index in [1.54, 1.807) is 22.5 Å². The molecule has 1 aromatic heterocycles. The lowest BCUT2D eigenvalue weighted by Gasteiger charge is -2.38.